The summed E-state index contributed by atoms with van der Waals surface area (Å²) in [5.74, 6) is 0.617. The van der Waals surface area contributed by atoms with Gasteiger partial charge in [0.05, 0.1) is 18.5 Å². The molecular weight excluding hydrogens is 320 g/mol. The third-order valence-electron chi connectivity index (χ3n) is 3.86. The van der Waals surface area contributed by atoms with Crippen LogP contribution in [0.3, 0.4) is 0 Å². The van der Waals surface area contributed by atoms with Crippen molar-refractivity contribution in [2.75, 3.05) is 38.2 Å². The number of hydrogen-bond acceptors (Lipinski definition) is 6. The van der Waals surface area contributed by atoms with Crippen molar-refractivity contribution in [2.45, 2.75) is 26.4 Å². The van der Waals surface area contributed by atoms with Crippen LogP contribution in [-0.2, 0) is 4.74 Å². The van der Waals surface area contributed by atoms with Gasteiger partial charge in [-0.3, -0.25) is 4.99 Å². The third-order valence-corrected chi connectivity index (χ3v) is 3.86. The van der Waals surface area contributed by atoms with Crippen molar-refractivity contribution in [3.63, 3.8) is 0 Å². The van der Waals surface area contributed by atoms with Crippen molar-refractivity contribution in [3.8, 4) is 11.8 Å². The molecule has 0 spiro atoms. The lowest BCUT2D eigenvalue weighted by Crippen LogP contribution is -2.50. The zero-order chi connectivity index (χ0) is 18.6. The van der Waals surface area contributed by atoms with Gasteiger partial charge < -0.3 is 19.3 Å². The molecule has 0 N–H and O–H groups in total. The molecule has 1 aromatic carbocycles. The Morgan fingerprint density at radius 1 is 1.28 bits per heavy atom. The van der Waals surface area contributed by atoms with Gasteiger partial charge in [0.15, 0.2) is 0 Å². The van der Waals surface area contributed by atoms with Gasteiger partial charge >= 0.3 is 6.09 Å². The highest BCUT2D eigenvalue weighted by atomic mass is 16.6. The van der Waals surface area contributed by atoms with Crippen molar-refractivity contribution >= 4 is 24.2 Å². The fraction of sp³-hybridized carbons (Fsp3) is 0.500. The quantitative estimate of drug-likeness (QED) is 0.788. The summed E-state index contributed by atoms with van der Waals surface area (Å²) in [6, 6.07) is 5.69. The number of carbonyl (C=O) groups excluding carboxylic acids is 1. The van der Waals surface area contributed by atoms with E-state index in [0.717, 1.165) is 5.69 Å². The van der Waals surface area contributed by atoms with Gasteiger partial charge in [-0.15, -0.1) is 0 Å². The van der Waals surface area contributed by atoms with E-state index >= 15 is 0 Å². The van der Waals surface area contributed by atoms with E-state index in [-0.39, 0.29) is 6.09 Å². The Bertz CT molecular complexity index is 695. The maximum absolute atomic E-state index is 12.2. The Kier molecular flexibility index (Phi) is 5.52. The Labute approximate surface area is 148 Å². The summed E-state index contributed by atoms with van der Waals surface area (Å²) in [5.41, 5.74) is 1.18. The zero-order valence-electron chi connectivity index (χ0n) is 15.2. The third kappa shape index (κ3) is 4.41. The maximum atomic E-state index is 12.2. The van der Waals surface area contributed by atoms with Crippen molar-refractivity contribution in [3.05, 3.63) is 17.7 Å². The number of methoxy groups -OCH3 is 1. The van der Waals surface area contributed by atoms with Gasteiger partial charge in [0, 0.05) is 38.3 Å². The van der Waals surface area contributed by atoms with E-state index in [2.05, 4.69) is 22.7 Å². The van der Waals surface area contributed by atoms with E-state index in [1.54, 1.807) is 18.1 Å². The molecule has 0 bridgehead atoms. The molecule has 0 unspecified atom stereocenters. The van der Waals surface area contributed by atoms with Crippen LogP contribution in [0.1, 0.15) is 26.3 Å². The smallest absolute Gasteiger partial charge is 0.410 e. The number of ether oxygens (including phenoxy) is 2. The molecule has 1 amide bonds. The van der Waals surface area contributed by atoms with Crippen molar-refractivity contribution in [1.82, 2.24) is 4.90 Å². The van der Waals surface area contributed by atoms with Crippen LogP contribution in [0.4, 0.5) is 16.2 Å². The van der Waals surface area contributed by atoms with Gasteiger partial charge in [0.25, 0.3) is 0 Å². The number of piperazine rings is 1. The molecule has 1 heterocycles. The molecule has 1 aromatic rings. The lowest BCUT2D eigenvalue weighted by atomic mass is 10.1. The van der Waals surface area contributed by atoms with Crippen LogP contribution >= 0.6 is 0 Å². The second-order valence-electron chi connectivity index (χ2n) is 6.77. The first kappa shape index (κ1) is 18.6. The Hall–Kier alpha value is -2.75. The number of benzene rings is 1. The van der Waals surface area contributed by atoms with E-state index in [4.69, 9.17) is 9.47 Å². The molecule has 0 atom stereocenters. The number of hydrogen-bond donors (Lipinski definition) is 0. The highest BCUT2D eigenvalue weighted by Gasteiger charge is 2.27. The second kappa shape index (κ2) is 7.43. The van der Waals surface area contributed by atoms with Gasteiger partial charge in [-0.25, -0.2) is 4.79 Å². The lowest BCUT2D eigenvalue weighted by Gasteiger charge is -2.37. The van der Waals surface area contributed by atoms with Crippen LogP contribution in [0.15, 0.2) is 17.1 Å². The highest BCUT2D eigenvalue weighted by molar-refractivity contribution is 5.74. The standard InChI is InChI=1S/C18H24N4O3/c1-18(2,3)25-17(23)22-8-6-21(7-9-22)16-11-13(24-5)10-15(20-4)14(16)12-19/h10-11H,4,6-9H2,1-3,5H3. The van der Waals surface area contributed by atoms with Crippen LogP contribution in [-0.4, -0.2) is 56.6 Å². The van der Waals surface area contributed by atoms with Gasteiger partial charge in [0.2, 0.25) is 0 Å². The normalized spacial score (nSPS) is 14.7. The molecule has 134 valence electrons. The molecule has 7 nitrogen and oxygen atoms in total. The number of amides is 1. The summed E-state index contributed by atoms with van der Waals surface area (Å²) in [6.07, 6.45) is -0.313. The first-order chi connectivity index (χ1) is 11.8. The minimum atomic E-state index is -0.514. The Balaban J connectivity index is 2.17. The number of carbonyl (C=O) groups is 1. The minimum absolute atomic E-state index is 0.313. The van der Waals surface area contributed by atoms with Gasteiger partial charge in [0.1, 0.15) is 23.0 Å². The fourth-order valence-electron chi connectivity index (χ4n) is 2.65. The van der Waals surface area contributed by atoms with Crippen LogP contribution in [0.25, 0.3) is 0 Å². The van der Waals surface area contributed by atoms with Crippen molar-refractivity contribution in [2.24, 2.45) is 4.99 Å². The van der Waals surface area contributed by atoms with Gasteiger partial charge in [-0.2, -0.15) is 5.26 Å². The van der Waals surface area contributed by atoms with Crippen LogP contribution < -0.4 is 9.64 Å². The Morgan fingerprint density at radius 3 is 2.40 bits per heavy atom. The number of aliphatic imine (C=N–C) groups is 1. The molecule has 2 rings (SSSR count). The SMILES string of the molecule is C=Nc1cc(OC)cc(N2CCN(C(=O)OC(C)(C)C)CC2)c1C#N. The number of rotatable bonds is 3. The summed E-state index contributed by atoms with van der Waals surface area (Å²) in [6.45, 7) is 11.3. The van der Waals surface area contributed by atoms with Gasteiger partial charge in [-0.1, -0.05) is 0 Å². The maximum Gasteiger partial charge on any atom is 0.410 e. The minimum Gasteiger partial charge on any atom is -0.497 e. The summed E-state index contributed by atoms with van der Waals surface area (Å²) >= 11 is 0. The number of nitrogens with zero attached hydrogens (tertiary/aromatic N) is 4. The van der Waals surface area contributed by atoms with Crippen molar-refractivity contribution < 1.29 is 14.3 Å². The summed E-state index contributed by atoms with van der Waals surface area (Å²) in [4.78, 5) is 19.8. The molecule has 0 saturated carbocycles. The summed E-state index contributed by atoms with van der Waals surface area (Å²) < 4.78 is 10.7. The van der Waals surface area contributed by atoms with E-state index in [1.165, 1.54) is 0 Å². The summed E-state index contributed by atoms with van der Waals surface area (Å²) in [7, 11) is 1.57. The van der Waals surface area contributed by atoms with Crippen LogP contribution in [0.5, 0.6) is 5.75 Å². The van der Waals surface area contributed by atoms with E-state index < -0.39 is 5.60 Å². The van der Waals surface area contributed by atoms with E-state index in [1.807, 2.05) is 26.8 Å². The number of anilines is 1. The summed E-state index contributed by atoms with van der Waals surface area (Å²) in [5, 5.41) is 9.50. The second-order valence-corrected chi connectivity index (χ2v) is 6.77. The largest absolute Gasteiger partial charge is 0.497 e. The molecule has 0 aromatic heterocycles. The molecule has 0 radical (unpaired) electrons. The molecule has 1 aliphatic heterocycles. The molecule has 1 fully saturated rings. The molecular formula is C18H24N4O3. The predicted molar refractivity (Wildman–Crippen MR) is 96.9 cm³/mol. The first-order valence-electron chi connectivity index (χ1n) is 8.11. The average Bonchev–Trinajstić information content (AvgIpc) is 2.59. The van der Waals surface area contributed by atoms with Crippen LogP contribution in [0.2, 0.25) is 0 Å². The molecule has 0 aliphatic carbocycles. The van der Waals surface area contributed by atoms with Gasteiger partial charge in [-0.05, 0) is 27.5 Å². The monoisotopic (exact) mass is 344 g/mol. The van der Waals surface area contributed by atoms with E-state index in [9.17, 15) is 10.1 Å². The first-order valence-corrected chi connectivity index (χ1v) is 8.11. The molecule has 1 aliphatic rings. The lowest BCUT2D eigenvalue weighted by molar-refractivity contribution is 0.0240. The molecule has 7 heteroatoms. The highest BCUT2D eigenvalue weighted by Crippen LogP contribution is 2.34. The topological polar surface area (TPSA) is 78.2 Å². The van der Waals surface area contributed by atoms with Crippen LogP contribution in [0, 0.1) is 11.3 Å². The Morgan fingerprint density at radius 2 is 1.92 bits per heavy atom. The van der Waals surface area contributed by atoms with Crippen molar-refractivity contribution in [1.29, 1.82) is 5.26 Å². The molecule has 25 heavy (non-hydrogen) atoms. The zero-order valence-corrected chi connectivity index (χ0v) is 15.2. The number of nitriles is 1. The molecule has 1 saturated heterocycles. The fourth-order valence-corrected chi connectivity index (χ4v) is 2.65. The predicted octanol–water partition coefficient (Wildman–Crippen LogP) is 2.96. The average molecular weight is 344 g/mol. The van der Waals surface area contributed by atoms with E-state index in [0.29, 0.717) is 43.2 Å².